The topological polar surface area (TPSA) is 72.7 Å². The first-order valence-electron chi connectivity index (χ1n) is 11.0. The van der Waals surface area contributed by atoms with Crippen LogP contribution in [0.2, 0.25) is 0 Å². The molecule has 4 aromatic rings. The van der Waals surface area contributed by atoms with E-state index in [4.69, 9.17) is 4.98 Å². The van der Waals surface area contributed by atoms with Gasteiger partial charge in [0.15, 0.2) is 5.13 Å². The number of pyridine rings is 2. The molecule has 0 spiro atoms. The third-order valence-corrected chi connectivity index (χ3v) is 6.93. The van der Waals surface area contributed by atoms with Crippen molar-refractivity contribution in [3.8, 4) is 0 Å². The first-order chi connectivity index (χ1) is 15.8. The number of anilines is 1. The van der Waals surface area contributed by atoms with E-state index in [2.05, 4.69) is 32.8 Å². The Balaban J connectivity index is 1.20. The number of nitrogens with one attached hydrogen (secondary N) is 1. The fourth-order valence-electron chi connectivity index (χ4n) is 4.44. The zero-order valence-electron chi connectivity index (χ0n) is 17.7. The van der Waals surface area contributed by atoms with Gasteiger partial charge in [0.1, 0.15) is 5.69 Å². The first-order valence-corrected chi connectivity index (χ1v) is 11.9. The number of hydrogen-bond donors (Lipinski definition) is 1. The summed E-state index contributed by atoms with van der Waals surface area (Å²) in [5, 5.41) is 5.75. The predicted molar refractivity (Wildman–Crippen MR) is 126 cm³/mol. The molecule has 1 saturated carbocycles. The molecular formula is C25H25N5OS. The van der Waals surface area contributed by atoms with Crippen LogP contribution in [0.3, 0.4) is 0 Å². The van der Waals surface area contributed by atoms with Crippen LogP contribution in [-0.4, -0.2) is 25.4 Å². The van der Waals surface area contributed by atoms with E-state index in [1.54, 1.807) is 12.4 Å². The molecule has 1 amide bonds. The molecule has 0 aromatic carbocycles. The number of aromatic nitrogens is 4. The minimum absolute atomic E-state index is 0.135. The molecule has 5 rings (SSSR count). The van der Waals surface area contributed by atoms with Gasteiger partial charge in [0.25, 0.3) is 5.91 Å². The zero-order chi connectivity index (χ0) is 21.8. The maximum atomic E-state index is 12.9. The number of hydrogen-bond acceptors (Lipinski definition) is 5. The maximum Gasteiger partial charge on any atom is 0.274 e. The van der Waals surface area contributed by atoms with Gasteiger partial charge >= 0.3 is 0 Å². The van der Waals surface area contributed by atoms with Gasteiger partial charge in [0.2, 0.25) is 0 Å². The van der Waals surface area contributed by atoms with Crippen LogP contribution >= 0.6 is 11.3 Å². The fraction of sp³-hybridized carbons (Fsp3) is 0.280. The van der Waals surface area contributed by atoms with Gasteiger partial charge in [0.05, 0.1) is 5.69 Å². The molecule has 1 aliphatic carbocycles. The smallest absolute Gasteiger partial charge is 0.274 e. The lowest BCUT2D eigenvalue weighted by Crippen LogP contribution is -2.17. The average molecular weight is 444 g/mol. The molecule has 7 heteroatoms. The van der Waals surface area contributed by atoms with Crippen LogP contribution in [0.5, 0.6) is 0 Å². The highest BCUT2D eigenvalue weighted by Crippen LogP contribution is 2.40. The summed E-state index contributed by atoms with van der Waals surface area (Å²) in [6.45, 7) is 0.626. The lowest BCUT2D eigenvalue weighted by atomic mass is 9.79. The Kier molecular flexibility index (Phi) is 6.07. The number of nitrogens with zero attached hydrogens (tertiary/aromatic N) is 4. The van der Waals surface area contributed by atoms with E-state index in [9.17, 15) is 4.79 Å². The highest BCUT2D eigenvalue weighted by Gasteiger charge is 2.26. The second-order valence-electron chi connectivity index (χ2n) is 8.21. The van der Waals surface area contributed by atoms with Gasteiger partial charge in [-0.1, -0.05) is 6.07 Å². The minimum Gasteiger partial charge on any atom is -0.339 e. The van der Waals surface area contributed by atoms with Crippen LogP contribution in [-0.2, 0) is 6.54 Å². The molecule has 6 nitrogen and oxygen atoms in total. The summed E-state index contributed by atoms with van der Waals surface area (Å²) in [5.41, 5.74) is 4.02. The summed E-state index contributed by atoms with van der Waals surface area (Å²) < 4.78 is 1.94. The molecule has 32 heavy (non-hydrogen) atoms. The van der Waals surface area contributed by atoms with E-state index in [1.165, 1.54) is 17.0 Å². The van der Waals surface area contributed by atoms with Crippen LogP contribution < -0.4 is 5.32 Å². The van der Waals surface area contributed by atoms with Crippen LogP contribution in [0.15, 0.2) is 72.6 Å². The van der Waals surface area contributed by atoms with E-state index in [0.717, 1.165) is 36.9 Å². The second-order valence-corrected chi connectivity index (χ2v) is 9.07. The highest BCUT2D eigenvalue weighted by molar-refractivity contribution is 7.14. The van der Waals surface area contributed by atoms with Gasteiger partial charge in [-0.2, -0.15) is 0 Å². The number of carbonyl (C=O) groups excluding carboxylic acids is 1. The largest absolute Gasteiger partial charge is 0.339 e. The van der Waals surface area contributed by atoms with Crippen molar-refractivity contribution in [1.29, 1.82) is 0 Å². The zero-order valence-corrected chi connectivity index (χ0v) is 18.5. The normalized spacial score (nSPS) is 18.4. The molecule has 1 N–H and O–H groups in total. The molecule has 4 aromatic heterocycles. The fourth-order valence-corrected chi connectivity index (χ4v) is 5.22. The molecule has 0 atom stereocenters. The van der Waals surface area contributed by atoms with Crippen LogP contribution in [0, 0.1) is 0 Å². The van der Waals surface area contributed by atoms with Crippen LogP contribution in [0.1, 0.15) is 65.0 Å². The van der Waals surface area contributed by atoms with E-state index >= 15 is 0 Å². The van der Waals surface area contributed by atoms with E-state index in [0.29, 0.717) is 29.2 Å². The van der Waals surface area contributed by atoms with Crippen molar-refractivity contribution >= 4 is 22.4 Å². The summed E-state index contributed by atoms with van der Waals surface area (Å²) >= 11 is 1.50. The van der Waals surface area contributed by atoms with Gasteiger partial charge in [0, 0.05) is 54.2 Å². The molecule has 1 fully saturated rings. The van der Waals surface area contributed by atoms with Gasteiger partial charge in [-0.15, -0.1) is 11.3 Å². The van der Waals surface area contributed by atoms with Crippen molar-refractivity contribution in [2.24, 2.45) is 0 Å². The third-order valence-electron chi connectivity index (χ3n) is 6.16. The Hall–Kier alpha value is -3.32. The number of rotatable bonds is 6. The summed E-state index contributed by atoms with van der Waals surface area (Å²) in [4.78, 5) is 26.2. The quantitative estimate of drug-likeness (QED) is 0.428. The molecular weight excluding hydrogens is 418 g/mol. The molecule has 0 unspecified atom stereocenters. The van der Waals surface area contributed by atoms with Gasteiger partial charge in [-0.3, -0.25) is 20.1 Å². The summed E-state index contributed by atoms with van der Waals surface area (Å²) in [6.07, 6.45) is 11.8. The van der Waals surface area contributed by atoms with Crippen molar-refractivity contribution in [3.05, 3.63) is 95.3 Å². The standard InChI is InChI=1S/C25H25N5OS/c31-24(23-5-3-15-30(23)16-18-10-13-26-14-11-18)29-25-28-22(17-32-25)20-8-6-19(7-9-20)21-4-1-2-12-27-21/h1-5,10-15,17,19-20H,6-9,16H2,(H,28,29,31)/t19-,20-. The Labute approximate surface area is 191 Å². The van der Waals surface area contributed by atoms with Crippen molar-refractivity contribution in [1.82, 2.24) is 19.5 Å². The monoisotopic (exact) mass is 443 g/mol. The highest BCUT2D eigenvalue weighted by atomic mass is 32.1. The van der Waals surface area contributed by atoms with Crippen LogP contribution in [0.25, 0.3) is 0 Å². The molecule has 0 radical (unpaired) electrons. The molecule has 162 valence electrons. The van der Waals surface area contributed by atoms with Gasteiger partial charge < -0.3 is 4.57 Å². The molecule has 0 bridgehead atoms. The van der Waals surface area contributed by atoms with Crippen molar-refractivity contribution in [2.45, 2.75) is 44.1 Å². The van der Waals surface area contributed by atoms with E-state index in [1.807, 2.05) is 47.3 Å². The van der Waals surface area contributed by atoms with Gasteiger partial charge in [-0.25, -0.2) is 4.98 Å². The minimum atomic E-state index is -0.135. The molecule has 0 saturated heterocycles. The lowest BCUT2D eigenvalue weighted by molar-refractivity contribution is 0.101. The number of carbonyl (C=O) groups is 1. The lowest BCUT2D eigenvalue weighted by Gasteiger charge is -2.27. The van der Waals surface area contributed by atoms with Gasteiger partial charge in [-0.05, 0) is 67.6 Å². The summed E-state index contributed by atoms with van der Waals surface area (Å²) in [6, 6.07) is 13.8. The van der Waals surface area contributed by atoms with Crippen molar-refractivity contribution in [2.75, 3.05) is 5.32 Å². The van der Waals surface area contributed by atoms with E-state index < -0.39 is 0 Å². The molecule has 4 heterocycles. The SMILES string of the molecule is O=C(Nc1nc([C@H]2CC[C@H](c3ccccn3)CC2)cs1)c1cccn1Cc1ccncc1. The average Bonchev–Trinajstić information content (AvgIpc) is 3.50. The third kappa shape index (κ3) is 4.62. The Bertz CT molecular complexity index is 1160. The Morgan fingerprint density at radius 2 is 1.75 bits per heavy atom. The molecule has 1 aliphatic rings. The van der Waals surface area contributed by atoms with Crippen LogP contribution in [0.4, 0.5) is 5.13 Å². The first kappa shape index (κ1) is 20.6. The summed E-state index contributed by atoms with van der Waals surface area (Å²) in [5.74, 6) is 0.856. The maximum absolute atomic E-state index is 12.9. The van der Waals surface area contributed by atoms with E-state index in [-0.39, 0.29) is 5.91 Å². The second kappa shape index (κ2) is 9.44. The Morgan fingerprint density at radius 3 is 2.50 bits per heavy atom. The number of amides is 1. The summed E-state index contributed by atoms with van der Waals surface area (Å²) in [7, 11) is 0. The van der Waals surface area contributed by atoms with Crippen molar-refractivity contribution in [3.63, 3.8) is 0 Å². The van der Waals surface area contributed by atoms with Crippen molar-refractivity contribution < 1.29 is 4.79 Å². The predicted octanol–water partition coefficient (Wildman–Crippen LogP) is 5.48. The molecule has 0 aliphatic heterocycles. The Morgan fingerprint density at radius 1 is 0.969 bits per heavy atom. The number of thiazole rings is 1.